The summed E-state index contributed by atoms with van der Waals surface area (Å²) in [6.45, 7) is 6.41. The third kappa shape index (κ3) is 3.67. The van der Waals surface area contributed by atoms with Crippen molar-refractivity contribution in [2.75, 3.05) is 11.9 Å². The van der Waals surface area contributed by atoms with Gasteiger partial charge >= 0.3 is 0 Å². The molecule has 4 aromatic rings. The van der Waals surface area contributed by atoms with E-state index in [1.807, 2.05) is 56.3 Å². The van der Waals surface area contributed by atoms with Crippen LogP contribution in [0, 0.1) is 13.8 Å². The minimum Gasteiger partial charge on any atom is -0.455 e. The molecular weight excluding hydrogens is 414 g/mol. The van der Waals surface area contributed by atoms with Gasteiger partial charge in [0, 0.05) is 41.3 Å². The Morgan fingerprint density at radius 1 is 1.12 bits per heavy atom. The summed E-state index contributed by atoms with van der Waals surface area (Å²) in [5, 5.41) is 6.97. The van der Waals surface area contributed by atoms with Gasteiger partial charge in [-0.15, -0.1) is 0 Å². The predicted octanol–water partition coefficient (Wildman–Crippen LogP) is 4.93. The third-order valence-electron chi connectivity index (χ3n) is 6.21. The number of hydrogen-bond acceptors (Lipinski definition) is 5. The van der Waals surface area contributed by atoms with Gasteiger partial charge in [-0.2, -0.15) is 0 Å². The molecule has 0 saturated heterocycles. The largest absolute Gasteiger partial charge is 0.455 e. The molecule has 2 aromatic carbocycles. The number of fused-ring (bicyclic) bond motifs is 2. The molecule has 6 heteroatoms. The molecule has 2 N–H and O–H groups in total. The van der Waals surface area contributed by atoms with Gasteiger partial charge in [0.15, 0.2) is 5.43 Å². The summed E-state index contributed by atoms with van der Waals surface area (Å²) in [5.74, 6) is 0.455. The first kappa shape index (κ1) is 20.9. The molecule has 6 nitrogen and oxygen atoms in total. The summed E-state index contributed by atoms with van der Waals surface area (Å²) in [4.78, 5) is 30.0. The summed E-state index contributed by atoms with van der Waals surface area (Å²) in [6.07, 6.45) is 4.19. The molecule has 0 spiro atoms. The van der Waals surface area contributed by atoms with Gasteiger partial charge in [-0.25, -0.2) is 0 Å². The molecule has 33 heavy (non-hydrogen) atoms. The van der Waals surface area contributed by atoms with Crippen LogP contribution in [0.3, 0.4) is 0 Å². The lowest BCUT2D eigenvalue weighted by molar-refractivity contribution is 0.0947. The fraction of sp³-hybridized carbons (Fsp3) is 0.222. The summed E-state index contributed by atoms with van der Waals surface area (Å²) in [6, 6.07) is 13.3. The van der Waals surface area contributed by atoms with Gasteiger partial charge in [-0.05, 0) is 62.6 Å². The number of anilines is 1. The number of rotatable bonds is 4. The van der Waals surface area contributed by atoms with Crippen LogP contribution in [0.25, 0.3) is 22.3 Å². The Hall–Kier alpha value is -3.93. The lowest BCUT2D eigenvalue weighted by Gasteiger charge is -2.23. The molecule has 2 aromatic heterocycles. The van der Waals surface area contributed by atoms with Crippen LogP contribution < -0.4 is 16.1 Å². The maximum absolute atomic E-state index is 13.3. The Labute approximate surface area is 191 Å². The molecule has 166 valence electrons. The Bertz CT molecular complexity index is 1440. The molecule has 0 fully saturated rings. The number of nitrogens with one attached hydrogen (secondary N) is 2. The SMILES string of the molecule is Cc1cc(C(C)Nc2cccc3c2C(=O)NCC3)c2oc(-c3cccnc3)c(C)c(=O)c2c1. The Kier molecular flexibility index (Phi) is 5.21. The van der Waals surface area contributed by atoms with Crippen molar-refractivity contribution in [2.45, 2.75) is 33.2 Å². The smallest absolute Gasteiger partial charge is 0.253 e. The first-order valence-electron chi connectivity index (χ1n) is 11.1. The molecule has 3 heterocycles. The van der Waals surface area contributed by atoms with Gasteiger partial charge in [0.2, 0.25) is 0 Å². The minimum absolute atomic E-state index is 0.0521. The van der Waals surface area contributed by atoms with Crippen molar-refractivity contribution in [3.05, 3.63) is 92.9 Å². The van der Waals surface area contributed by atoms with Crippen LogP contribution in [0.2, 0.25) is 0 Å². The highest BCUT2D eigenvalue weighted by Crippen LogP contribution is 2.33. The zero-order valence-electron chi connectivity index (χ0n) is 18.9. The number of carbonyl (C=O) groups is 1. The minimum atomic E-state index is -0.207. The standard InChI is InChI=1S/C27H25N3O3/c1-15-12-20(17(3)30-22-8-4-6-18-9-11-29-27(32)23(18)22)26-21(13-15)24(31)16(2)25(33-26)19-7-5-10-28-14-19/h4-8,10,12-14,17,30H,9,11H2,1-3H3,(H,29,32). The summed E-state index contributed by atoms with van der Waals surface area (Å²) >= 11 is 0. The van der Waals surface area contributed by atoms with Gasteiger partial charge in [0.1, 0.15) is 11.3 Å². The molecule has 0 saturated carbocycles. The van der Waals surface area contributed by atoms with E-state index in [9.17, 15) is 9.59 Å². The second-order valence-corrected chi connectivity index (χ2v) is 8.57. The number of aryl methyl sites for hydroxylation is 1. The highest BCUT2D eigenvalue weighted by atomic mass is 16.3. The number of amides is 1. The summed E-state index contributed by atoms with van der Waals surface area (Å²) < 4.78 is 6.38. The number of carbonyl (C=O) groups excluding carboxylic acids is 1. The molecule has 1 amide bonds. The molecule has 0 bridgehead atoms. The van der Waals surface area contributed by atoms with Crippen LogP contribution in [0.4, 0.5) is 5.69 Å². The van der Waals surface area contributed by atoms with Crippen molar-refractivity contribution in [1.29, 1.82) is 0 Å². The fourth-order valence-corrected chi connectivity index (χ4v) is 4.57. The van der Waals surface area contributed by atoms with E-state index in [2.05, 4.69) is 15.6 Å². The van der Waals surface area contributed by atoms with E-state index in [1.165, 1.54) is 0 Å². The highest BCUT2D eigenvalue weighted by molar-refractivity contribution is 6.02. The average Bonchev–Trinajstić information content (AvgIpc) is 2.82. The van der Waals surface area contributed by atoms with Crippen molar-refractivity contribution in [1.82, 2.24) is 10.3 Å². The zero-order chi connectivity index (χ0) is 23.1. The second-order valence-electron chi connectivity index (χ2n) is 8.57. The molecule has 1 aliphatic rings. The van der Waals surface area contributed by atoms with E-state index in [1.54, 1.807) is 19.3 Å². The quantitative estimate of drug-likeness (QED) is 0.471. The molecule has 5 rings (SSSR count). The zero-order valence-corrected chi connectivity index (χ0v) is 18.9. The van der Waals surface area contributed by atoms with Crippen molar-refractivity contribution in [3.63, 3.8) is 0 Å². The number of hydrogen-bond donors (Lipinski definition) is 2. The van der Waals surface area contributed by atoms with E-state index in [4.69, 9.17) is 4.42 Å². The van der Waals surface area contributed by atoms with Crippen molar-refractivity contribution < 1.29 is 9.21 Å². The van der Waals surface area contributed by atoms with E-state index >= 15 is 0 Å². The van der Waals surface area contributed by atoms with Gasteiger partial charge in [0.05, 0.1) is 17.0 Å². The molecule has 0 aliphatic carbocycles. The monoisotopic (exact) mass is 439 g/mol. The molecule has 1 unspecified atom stereocenters. The van der Waals surface area contributed by atoms with E-state index < -0.39 is 0 Å². The van der Waals surface area contributed by atoms with Gasteiger partial charge in [-0.1, -0.05) is 18.2 Å². The van der Waals surface area contributed by atoms with Crippen LogP contribution in [-0.2, 0) is 6.42 Å². The molecule has 1 atom stereocenters. The molecule has 1 aliphatic heterocycles. The van der Waals surface area contributed by atoms with Crippen LogP contribution in [0.5, 0.6) is 0 Å². The van der Waals surface area contributed by atoms with E-state index in [0.29, 0.717) is 34.4 Å². The lowest BCUT2D eigenvalue weighted by atomic mass is 9.96. The number of nitrogens with zero attached hydrogens (tertiary/aromatic N) is 1. The fourth-order valence-electron chi connectivity index (χ4n) is 4.57. The van der Waals surface area contributed by atoms with Crippen molar-refractivity contribution in [3.8, 4) is 11.3 Å². The van der Waals surface area contributed by atoms with Crippen LogP contribution in [-0.4, -0.2) is 17.4 Å². The molecule has 0 radical (unpaired) electrons. The first-order valence-corrected chi connectivity index (χ1v) is 11.1. The number of aromatic nitrogens is 1. The normalized spacial score (nSPS) is 14.0. The number of benzene rings is 2. The maximum Gasteiger partial charge on any atom is 0.253 e. The summed E-state index contributed by atoms with van der Waals surface area (Å²) in [7, 11) is 0. The Morgan fingerprint density at radius 2 is 1.97 bits per heavy atom. The third-order valence-corrected chi connectivity index (χ3v) is 6.21. The van der Waals surface area contributed by atoms with Crippen LogP contribution in [0.1, 0.15) is 45.6 Å². The van der Waals surface area contributed by atoms with Crippen molar-refractivity contribution >= 4 is 22.6 Å². The van der Waals surface area contributed by atoms with Crippen LogP contribution in [0.15, 0.2) is 64.1 Å². The lowest BCUT2D eigenvalue weighted by Crippen LogP contribution is -2.32. The topological polar surface area (TPSA) is 84.2 Å². The maximum atomic E-state index is 13.3. The van der Waals surface area contributed by atoms with Gasteiger partial charge in [0.25, 0.3) is 5.91 Å². The highest BCUT2D eigenvalue weighted by Gasteiger charge is 2.23. The van der Waals surface area contributed by atoms with Crippen LogP contribution >= 0.6 is 0 Å². The molecular formula is C27H25N3O3. The average molecular weight is 440 g/mol. The Balaban J connectivity index is 1.65. The van der Waals surface area contributed by atoms with E-state index in [-0.39, 0.29) is 17.4 Å². The van der Waals surface area contributed by atoms with E-state index in [0.717, 1.165) is 34.4 Å². The van der Waals surface area contributed by atoms with Crippen molar-refractivity contribution in [2.24, 2.45) is 0 Å². The second kappa shape index (κ2) is 8.20. The van der Waals surface area contributed by atoms with Gasteiger partial charge in [-0.3, -0.25) is 14.6 Å². The Morgan fingerprint density at radius 3 is 2.76 bits per heavy atom. The predicted molar refractivity (Wildman–Crippen MR) is 130 cm³/mol. The number of pyridine rings is 1. The van der Waals surface area contributed by atoms with Gasteiger partial charge < -0.3 is 15.1 Å². The summed E-state index contributed by atoms with van der Waals surface area (Å²) in [5.41, 5.74) is 6.13. The first-order chi connectivity index (χ1) is 15.9.